The zero-order chi connectivity index (χ0) is 19.7. The highest BCUT2D eigenvalue weighted by Crippen LogP contribution is 2.33. The highest BCUT2D eigenvalue weighted by molar-refractivity contribution is 8.27. The molecule has 4 rings (SSSR count). The first-order valence-corrected chi connectivity index (χ1v) is 10.0. The molecule has 0 spiro atoms. The van der Waals surface area contributed by atoms with Crippen molar-refractivity contribution in [2.45, 2.75) is 13.8 Å². The smallest absolute Gasteiger partial charge is 0.285 e. The van der Waals surface area contributed by atoms with Crippen LogP contribution in [0.5, 0.6) is 11.5 Å². The molecule has 1 fully saturated rings. The Morgan fingerprint density at radius 1 is 0.929 bits per heavy atom. The molecule has 0 radical (unpaired) electrons. The summed E-state index contributed by atoms with van der Waals surface area (Å²) in [7, 11) is 0. The Morgan fingerprint density at radius 3 is 2.32 bits per heavy atom. The number of carbonyl (C=O) groups is 1. The van der Waals surface area contributed by atoms with E-state index in [0.29, 0.717) is 15.0 Å². The maximum Gasteiger partial charge on any atom is 0.285 e. The Labute approximate surface area is 173 Å². The third kappa shape index (κ3) is 3.61. The first-order chi connectivity index (χ1) is 13.5. The van der Waals surface area contributed by atoms with Crippen molar-refractivity contribution in [2.75, 3.05) is 5.01 Å². The highest BCUT2D eigenvalue weighted by Gasteiger charge is 2.34. The number of hydrogen-bond acceptors (Lipinski definition) is 4. The number of ether oxygens (including phenoxy) is 1. The molecule has 2 heterocycles. The maximum absolute atomic E-state index is 13.0. The largest absolute Gasteiger partial charge is 0.457 e. The molecular formula is C22H18N2O2S2. The molecule has 0 saturated carbocycles. The fraction of sp³-hybridized carbons (Fsp3) is 0.0909. The van der Waals surface area contributed by atoms with Crippen molar-refractivity contribution in [2.24, 2.45) is 0 Å². The van der Waals surface area contributed by atoms with E-state index in [9.17, 15) is 4.79 Å². The Hall–Kier alpha value is -2.83. The van der Waals surface area contributed by atoms with Crippen LogP contribution >= 0.6 is 24.0 Å². The predicted molar refractivity (Wildman–Crippen MR) is 118 cm³/mol. The number of benzene rings is 2. The SMILES string of the molecule is Cc1ccc(C)n1N1C(=O)/C(=C\c2cccc(Oc3ccccc3)c2)SC1=S. The van der Waals surface area contributed by atoms with Gasteiger partial charge >= 0.3 is 0 Å². The monoisotopic (exact) mass is 406 g/mol. The van der Waals surface area contributed by atoms with Crippen LogP contribution in [0, 0.1) is 13.8 Å². The minimum absolute atomic E-state index is 0.119. The van der Waals surface area contributed by atoms with Crippen LogP contribution in [0.3, 0.4) is 0 Å². The molecule has 1 amide bonds. The summed E-state index contributed by atoms with van der Waals surface area (Å²) >= 11 is 6.78. The van der Waals surface area contributed by atoms with Gasteiger partial charge in [-0.15, -0.1) is 0 Å². The van der Waals surface area contributed by atoms with E-state index in [1.54, 1.807) is 5.01 Å². The third-order valence-electron chi connectivity index (χ3n) is 4.34. The number of hydrogen-bond donors (Lipinski definition) is 0. The Balaban J connectivity index is 1.60. The summed E-state index contributed by atoms with van der Waals surface area (Å²) in [5.41, 5.74) is 2.82. The normalized spacial score (nSPS) is 15.5. The minimum atomic E-state index is -0.119. The average Bonchev–Trinajstić information content (AvgIpc) is 3.14. The van der Waals surface area contributed by atoms with Gasteiger partial charge in [-0.2, -0.15) is 5.01 Å². The van der Waals surface area contributed by atoms with E-state index >= 15 is 0 Å². The Kier molecular flexibility index (Phi) is 5.07. The van der Waals surface area contributed by atoms with Crippen LogP contribution in [0.25, 0.3) is 6.08 Å². The van der Waals surface area contributed by atoms with Crippen LogP contribution in [0.4, 0.5) is 0 Å². The van der Waals surface area contributed by atoms with Crippen molar-refractivity contribution in [1.82, 2.24) is 4.68 Å². The second-order valence-electron chi connectivity index (χ2n) is 6.41. The molecule has 0 unspecified atom stereocenters. The molecule has 1 aliphatic heterocycles. The van der Waals surface area contributed by atoms with Crippen molar-refractivity contribution in [3.05, 3.63) is 88.6 Å². The van der Waals surface area contributed by atoms with E-state index < -0.39 is 0 Å². The van der Waals surface area contributed by atoms with Gasteiger partial charge in [0.05, 0.1) is 4.91 Å². The maximum atomic E-state index is 13.0. The summed E-state index contributed by atoms with van der Waals surface area (Å²) in [4.78, 5) is 13.6. The number of carbonyl (C=O) groups excluding carboxylic acids is 1. The molecule has 0 aliphatic carbocycles. The summed E-state index contributed by atoms with van der Waals surface area (Å²) < 4.78 is 8.26. The zero-order valence-corrected chi connectivity index (χ0v) is 17.1. The molecular weight excluding hydrogens is 388 g/mol. The molecule has 6 heteroatoms. The zero-order valence-electron chi connectivity index (χ0n) is 15.5. The standard InChI is InChI=1S/C22H18N2O2S2/c1-15-11-12-16(2)23(15)24-21(25)20(28-22(24)27)14-17-7-6-10-19(13-17)26-18-8-4-3-5-9-18/h3-14H,1-2H3/b20-14+. The fourth-order valence-corrected chi connectivity index (χ4v) is 4.29. The summed E-state index contributed by atoms with van der Waals surface area (Å²) in [5, 5.41) is 1.56. The number of aryl methyl sites for hydroxylation is 2. The van der Waals surface area contributed by atoms with Gasteiger partial charge in [-0.05, 0) is 74.1 Å². The van der Waals surface area contributed by atoms with Gasteiger partial charge in [-0.25, -0.2) is 0 Å². The van der Waals surface area contributed by atoms with Crippen LogP contribution in [-0.2, 0) is 4.79 Å². The number of amides is 1. The summed E-state index contributed by atoms with van der Waals surface area (Å²) in [6.07, 6.45) is 1.85. The molecule has 2 aromatic carbocycles. The summed E-state index contributed by atoms with van der Waals surface area (Å²) in [6.45, 7) is 3.92. The number of para-hydroxylation sites is 1. The Bertz CT molecular complexity index is 1070. The number of aromatic nitrogens is 1. The van der Waals surface area contributed by atoms with E-state index in [4.69, 9.17) is 17.0 Å². The van der Waals surface area contributed by atoms with E-state index in [0.717, 1.165) is 22.7 Å². The lowest BCUT2D eigenvalue weighted by Gasteiger charge is -2.20. The second-order valence-corrected chi connectivity index (χ2v) is 8.08. The highest BCUT2D eigenvalue weighted by atomic mass is 32.2. The Morgan fingerprint density at radius 2 is 1.61 bits per heavy atom. The number of thioether (sulfide) groups is 1. The predicted octanol–water partition coefficient (Wildman–Crippen LogP) is 5.43. The fourth-order valence-electron chi connectivity index (χ4n) is 3.05. The van der Waals surface area contributed by atoms with Crippen LogP contribution in [0.1, 0.15) is 17.0 Å². The number of nitrogens with zero attached hydrogens (tertiary/aromatic N) is 2. The first-order valence-electron chi connectivity index (χ1n) is 8.79. The van der Waals surface area contributed by atoms with Gasteiger partial charge in [0, 0.05) is 11.4 Å². The summed E-state index contributed by atoms with van der Waals surface area (Å²) in [5.74, 6) is 1.36. The second kappa shape index (κ2) is 7.66. The van der Waals surface area contributed by atoms with E-state index in [2.05, 4.69) is 0 Å². The van der Waals surface area contributed by atoms with Crippen molar-refractivity contribution in [3.8, 4) is 11.5 Å². The van der Waals surface area contributed by atoms with E-state index in [1.807, 2.05) is 91.3 Å². The van der Waals surface area contributed by atoms with Gasteiger partial charge in [0.1, 0.15) is 11.5 Å². The number of thiocarbonyl (C=S) groups is 1. The first kappa shape index (κ1) is 18.5. The van der Waals surface area contributed by atoms with Gasteiger partial charge in [0.15, 0.2) is 4.32 Å². The number of rotatable bonds is 4. The molecule has 3 aromatic rings. The topological polar surface area (TPSA) is 34.5 Å². The van der Waals surface area contributed by atoms with Gasteiger partial charge < -0.3 is 4.74 Å². The molecule has 0 bridgehead atoms. The molecule has 0 N–H and O–H groups in total. The van der Waals surface area contributed by atoms with Crippen molar-refractivity contribution in [3.63, 3.8) is 0 Å². The van der Waals surface area contributed by atoms with Crippen LogP contribution in [-0.4, -0.2) is 14.9 Å². The lowest BCUT2D eigenvalue weighted by Crippen LogP contribution is -2.39. The molecule has 1 aromatic heterocycles. The molecule has 1 saturated heterocycles. The van der Waals surface area contributed by atoms with Gasteiger partial charge in [0.25, 0.3) is 5.91 Å². The van der Waals surface area contributed by atoms with E-state index in [1.165, 1.54) is 11.8 Å². The van der Waals surface area contributed by atoms with Gasteiger partial charge in [0.2, 0.25) is 0 Å². The van der Waals surface area contributed by atoms with Gasteiger partial charge in [-0.3, -0.25) is 9.47 Å². The van der Waals surface area contributed by atoms with Crippen LogP contribution < -0.4 is 9.75 Å². The summed E-state index contributed by atoms with van der Waals surface area (Å²) in [6, 6.07) is 21.2. The lowest BCUT2D eigenvalue weighted by atomic mass is 10.2. The molecule has 1 aliphatic rings. The third-order valence-corrected chi connectivity index (χ3v) is 5.62. The molecule has 0 atom stereocenters. The van der Waals surface area contributed by atoms with Crippen molar-refractivity contribution < 1.29 is 9.53 Å². The van der Waals surface area contributed by atoms with Crippen molar-refractivity contribution >= 4 is 40.3 Å². The van der Waals surface area contributed by atoms with E-state index in [-0.39, 0.29) is 5.91 Å². The van der Waals surface area contributed by atoms with Crippen LogP contribution in [0.15, 0.2) is 71.6 Å². The van der Waals surface area contributed by atoms with Gasteiger partial charge in [-0.1, -0.05) is 42.1 Å². The lowest BCUT2D eigenvalue weighted by molar-refractivity contribution is -0.114. The molecule has 140 valence electrons. The molecule has 4 nitrogen and oxygen atoms in total. The van der Waals surface area contributed by atoms with Crippen molar-refractivity contribution in [1.29, 1.82) is 0 Å². The van der Waals surface area contributed by atoms with Crippen LogP contribution in [0.2, 0.25) is 0 Å². The molecule has 28 heavy (non-hydrogen) atoms. The quantitative estimate of drug-likeness (QED) is 0.427. The minimum Gasteiger partial charge on any atom is -0.457 e. The average molecular weight is 407 g/mol.